The van der Waals surface area contributed by atoms with Gasteiger partial charge in [0, 0.05) is 5.92 Å². The van der Waals surface area contributed by atoms with Crippen molar-refractivity contribution in [3.8, 4) is 0 Å². The third-order valence-corrected chi connectivity index (χ3v) is 3.81. The number of benzene rings is 2. The van der Waals surface area contributed by atoms with Crippen LogP contribution in [-0.2, 0) is 4.79 Å². The Labute approximate surface area is 123 Å². The molecule has 2 atom stereocenters. The lowest BCUT2D eigenvalue weighted by molar-refractivity contribution is -0.117. The molecule has 4 heteroatoms. The van der Waals surface area contributed by atoms with Gasteiger partial charge >= 0.3 is 0 Å². The zero-order chi connectivity index (χ0) is 14.8. The van der Waals surface area contributed by atoms with Crippen molar-refractivity contribution in [3.63, 3.8) is 0 Å². The minimum absolute atomic E-state index is 0.0340. The molecule has 0 bridgehead atoms. The van der Waals surface area contributed by atoms with Crippen LogP contribution in [0.5, 0.6) is 0 Å². The molecular formula is C17H16N2O2. The average Bonchev–Trinajstić information content (AvgIpc) is 3.29. The second kappa shape index (κ2) is 5.40. The summed E-state index contributed by atoms with van der Waals surface area (Å²) in [5.74, 6) is -0.362. The first-order valence-electron chi connectivity index (χ1n) is 6.91. The van der Waals surface area contributed by atoms with Crippen molar-refractivity contribution in [2.45, 2.75) is 12.3 Å². The van der Waals surface area contributed by atoms with E-state index in [1.54, 1.807) is 24.3 Å². The summed E-state index contributed by atoms with van der Waals surface area (Å²) in [5, 5.41) is 2.81. The van der Waals surface area contributed by atoms with Crippen LogP contribution in [0.4, 0.5) is 5.69 Å². The summed E-state index contributed by atoms with van der Waals surface area (Å²) in [6.07, 6.45) is 0.842. The van der Waals surface area contributed by atoms with Crippen molar-refractivity contribution in [3.05, 3.63) is 65.7 Å². The molecule has 0 aliphatic heterocycles. The lowest BCUT2D eigenvalue weighted by Gasteiger charge is -2.08. The Morgan fingerprint density at radius 3 is 2.38 bits per heavy atom. The molecule has 0 radical (unpaired) electrons. The fourth-order valence-electron chi connectivity index (χ4n) is 2.59. The molecule has 106 valence electrons. The minimum Gasteiger partial charge on any atom is -0.366 e. The summed E-state index contributed by atoms with van der Waals surface area (Å²) < 4.78 is 0. The second-order valence-electron chi connectivity index (χ2n) is 5.26. The Kier molecular flexibility index (Phi) is 3.44. The number of nitrogens with one attached hydrogen (secondary N) is 1. The number of carbonyl (C=O) groups excluding carboxylic acids is 2. The van der Waals surface area contributed by atoms with E-state index in [2.05, 4.69) is 5.32 Å². The molecule has 1 saturated carbocycles. The first-order valence-corrected chi connectivity index (χ1v) is 6.91. The van der Waals surface area contributed by atoms with E-state index in [9.17, 15) is 9.59 Å². The van der Waals surface area contributed by atoms with Crippen LogP contribution < -0.4 is 11.1 Å². The maximum absolute atomic E-state index is 12.3. The Hall–Kier alpha value is -2.62. The number of hydrogen-bond donors (Lipinski definition) is 2. The topological polar surface area (TPSA) is 72.2 Å². The van der Waals surface area contributed by atoms with Crippen LogP contribution in [0.1, 0.15) is 28.3 Å². The number of primary amides is 1. The highest BCUT2D eigenvalue weighted by Gasteiger charge is 2.43. The van der Waals surface area contributed by atoms with E-state index in [1.165, 1.54) is 5.56 Å². The van der Waals surface area contributed by atoms with Gasteiger partial charge < -0.3 is 11.1 Å². The maximum atomic E-state index is 12.3. The van der Waals surface area contributed by atoms with Crippen molar-refractivity contribution < 1.29 is 9.59 Å². The highest BCUT2D eigenvalue weighted by Crippen LogP contribution is 2.47. The van der Waals surface area contributed by atoms with Crippen LogP contribution in [0.15, 0.2) is 54.6 Å². The minimum atomic E-state index is -0.540. The summed E-state index contributed by atoms with van der Waals surface area (Å²) in [6, 6.07) is 16.8. The predicted molar refractivity (Wildman–Crippen MR) is 80.9 cm³/mol. The van der Waals surface area contributed by atoms with Crippen molar-refractivity contribution >= 4 is 17.5 Å². The summed E-state index contributed by atoms with van der Waals surface area (Å²) >= 11 is 0. The molecule has 3 N–H and O–H groups in total. The smallest absolute Gasteiger partial charge is 0.250 e. The Bertz CT molecular complexity index is 682. The van der Waals surface area contributed by atoms with Gasteiger partial charge in [-0.1, -0.05) is 42.5 Å². The fourth-order valence-corrected chi connectivity index (χ4v) is 2.59. The van der Waals surface area contributed by atoms with Crippen LogP contribution in [0.25, 0.3) is 0 Å². The van der Waals surface area contributed by atoms with Gasteiger partial charge in [0.25, 0.3) is 5.91 Å². The molecule has 0 saturated heterocycles. The molecule has 0 aromatic heterocycles. The molecule has 2 aromatic rings. The van der Waals surface area contributed by atoms with Gasteiger partial charge in [0.15, 0.2) is 0 Å². The number of carbonyl (C=O) groups is 2. The van der Waals surface area contributed by atoms with E-state index in [-0.39, 0.29) is 17.7 Å². The lowest BCUT2D eigenvalue weighted by Crippen LogP contribution is -2.19. The quantitative estimate of drug-likeness (QED) is 0.903. The van der Waals surface area contributed by atoms with E-state index in [0.29, 0.717) is 11.3 Å². The van der Waals surface area contributed by atoms with Gasteiger partial charge in [0.05, 0.1) is 11.3 Å². The first kappa shape index (κ1) is 13.4. The number of para-hydroxylation sites is 1. The first-order chi connectivity index (χ1) is 10.2. The van der Waals surface area contributed by atoms with Crippen molar-refractivity contribution in [1.82, 2.24) is 0 Å². The number of rotatable bonds is 4. The Balaban J connectivity index is 1.70. The normalized spacial score (nSPS) is 19.8. The van der Waals surface area contributed by atoms with E-state index in [4.69, 9.17) is 5.73 Å². The molecule has 2 amide bonds. The van der Waals surface area contributed by atoms with Crippen LogP contribution in [0.2, 0.25) is 0 Å². The zero-order valence-electron chi connectivity index (χ0n) is 11.5. The molecule has 1 fully saturated rings. The van der Waals surface area contributed by atoms with Gasteiger partial charge in [-0.05, 0) is 30.0 Å². The van der Waals surface area contributed by atoms with Crippen molar-refractivity contribution in [2.75, 3.05) is 5.32 Å². The van der Waals surface area contributed by atoms with E-state index in [1.807, 2.05) is 30.3 Å². The SMILES string of the molecule is NC(=O)c1ccccc1NC(=O)[C@H]1C[C@@H]1c1ccccc1. The maximum Gasteiger partial charge on any atom is 0.250 e. The van der Waals surface area contributed by atoms with Gasteiger partial charge in [-0.15, -0.1) is 0 Å². The standard InChI is InChI=1S/C17H16N2O2/c18-16(20)12-8-4-5-9-15(12)19-17(21)14-10-13(14)11-6-2-1-3-7-11/h1-9,13-14H,10H2,(H2,18,20)(H,19,21)/t13-,14+/m1/s1. The predicted octanol–water partition coefficient (Wildman–Crippen LogP) is 2.53. The van der Waals surface area contributed by atoms with Crippen molar-refractivity contribution in [1.29, 1.82) is 0 Å². The molecule has 1 aliphatic carbocycles. The van der Waals surface area contributed by atoms with E-state index >= 15 is 0 Å². The molecule has 3 rings (SSSR count). The monoisotopic (exact) mass is 280 g/mol. The number of amides is 2. The molecule has 0 heterocycles. The number of nitrogens with two attached hydrogens (primary N) is 1. The summed E-state index contributed by atoms with van der Waals surface area (Å²) in [5.41, 5.74) is 7.31. The molecular weight excluding hydrogens is 264 g/mol. The highest BCUT2D eigenvalue weighted by atomic mass is 16.2. The summed E-state index contributed by atoms with van der Waals surface area (Å²) in [6.45, 7) is 0. The zero-order valence-corrected chi connectivity index (χ0v) is 11.5. The fraction of sp³-hybridized carbons (Fsp3) is 0.176. The van der Waals surface area contributed by atoms with Gasteiger partial charge in [0.1, 0.15) is 0 Å². The van der Waals surface area contributed by atoms with Gasteiger partial charge in [-0.25, -0.2) is 0 Å². The largest absolute Gasteiger partial charge is 0.366 e. The number of anilines is 1. The van der Waals surface area contributed by atoms with Crippen LogP contribution in [0, 0.1) is 5.92 Å². The Morgan fingerprint density at radius 2 is 1.67 bits per heavy atom. The Morgan fingerprint density at radius 1 is 1.00 bits per heavy atom. The van der Waals surface area contributed by atoms with Crippen molar-refractivity contribution in [2.24, 2.45) is 11.7 Å². The van der Waals surface area contributed by atoms with Gasteiger partial charge in [-0.3, -0.25) is 9.59 Å². The van der Waals surface area contributed by atoms with Crippen LogP contribution in [0.3, 0.4) is 0 Å². The molecule has 0 unspecified atom stereocenters. The molecule has 0 spiro atoms. The molecule has 4 nitrogen and oxygen atoms in total. The summed E-state index contributed by atoms with van der Waals surface area (Å²) in [4.78, 5) is 23.6. The third-order valence-electron chi connectivity index (χ3n) is 3.81. The lowest BCUT2D eigenvalue weighted by atomic mass is 10.1. The molecule has 2 aromatic carbocycles. The van der Waals surface area contributed by atoms with Gasteiger partial charge in [0.2, 0.25) is 5.91 Å². The van der Waals surface area contributed by atoms with Crippen LogP contribution >= 0.6 is 0 Å². The van der Waals surface area contributed by atoms with E-state index < -0.39 is 5.91 Å². The van der Waals surface area contributed by atoms with E-state index in [0.717, 1.165) is 6.42 Å². The second-order valence-corrected chi connectivity index (χ2v) is 5.26. The van der Waals surface area contributed by atoms with Crippen LogP contribution in [-0.4, -0.2) is 11.8 Å². The third kappa shape index (κ3) is 2.79. The average molecular weight is 280 g/mol. The molecule has 21 heavy (non-hydrogen) atoms. The molecule has 1 aliphatic rings. The van der Waals surface area contributed by atoms with Gasteiger partial charge in [-0.2, -0.15) is 0 Å². The number of hydrogen-bond acceptors (Lipinski definition) is 2. The highest BCUT2D eigenvalue weighted by molar-refractivity contribution is 6.04. The summed E-state index contributed by atoms with van der Waals surface area (Å²) in [7, 11) is 0.